The molecule has 0 bridgehead atoms. The van der Waals surface area contributed by atoms with Crippen LogP contribution in [-0.4, -0.2) is 54.1 Å². The van der Waals surface area contributed by atoms with E-state index >= 15 is 0 Å². The lowest BCUT2D eigenvalue weighted by molar-refractivity contribution is 0.266. The molecule has 5 nitrogen and oxygen atoms in total. The van der Waals surface area contributed by atoms with Gasteiger partial charge in [-0.2, -0.15) is 0 Å². The molecule has 0 amide bonds. The van der Waals surface area contributed by atoms with E-state index in [1.807, 2.05) is 0 Å². The van der Waals surface area contributed by atoms with Crippen molar-refractivity contribution < 1.29 is 9.60 Å². The van der Waals surface area contributed by atoms with Crippen LogP contribution in [0.25, 0.3) is 0 Å². The van der Waals surface area contributed by atoms with Gasteiger partial charge in [-0.15, -0.1) is 0 Å². The minimum Gasteiger partial charge on any atom is -0.409 e. The third-order valence-electron chi connectivity index (χ3n) is 3.67. The van der Waals surface area contributed by atoms with E-state index in [-0.39, 0.29) is 11.4 Å². The van der Waals surface area contributed by atoms with Crippen LogP contribution in [-0.2, 0) is 6.54 Å². The second-order valence-corrected chi connectivity index (χ2v) is 5.20. The van der Waals surface area contributed by atoms with Crippen molar-refractivity contribution in [1.29, 1.82) is 0 Å². The number of amidine groups is 1. The summed E-state index contributed by atoms with van der Waals surface area (Å²) < 4.78 is 14.3. The van der Waals surface area contributed by atoms with Crippen LogP contribution in [0.5, 0.6) is 0 Å². The van der Waals surface area contributed by atoms with Crippen LogP contribution >= 0.6 is 0 Å². The number of halogens is 1. The standard InChI is InChI=1S/C14H21FN4O/c1-18-6-3-7-19(9-8-18)10-11-4-2-5-12(13(11)15)14(16)17-20/h2,4-5,20H,3,6-10H2,1H3,(H2,16,17). The van der Waals surface area contributed by atoms with Gasteiger partial charge in [-0.3, -0.25) is 4.90 Å². The summed E-state index contributed by atoms with van der Waals surface area (Å²) in [7, 11) is 2.10. The lowest BCUT2D eigenvalue weighted by Crippen LogP contribution is -2.29. The number of nitrogens with two attached hydrogens (primary N) is 1. The predicted octanol–water partition coefficient (Wildman–Crippen LogP) is 1.06. The van der Waals surface area contributed by atoms with E-state index in [1.54, 1.807) is 12.1 Å². The van der Waals surface area contributed by atoms with Crippen LogP contribution in [0, 0.1) is 5.82 Å². The van der Waals surface area contributed by atoms with Gasteiger partial charge in [0.05, 0.1) is 5.56 Å². The van der Waals surface area contributed by atoms with Gasteiger partial charge < -0.3 is 15.8 Å². The molecule has 1 heterocycles. The molecular formula is C14H21FN4O. The van der Waals surface area contributed by atoms with Crippen molar-refractivity contribution in [1.82, 2.24) is 9.80 Å². The lowest BCUT2D eigenvalue weighted by Gasteiger charge is -2.20. The monoisotopic (exact) mass is 280 g/mol. The molecule has 0 unspecified atom stereocenters. The van der Waals surface area contributed by atoms with Gasteiger partial charge in [-0.1, -0.05) is 17.3 Å². The largest absolute Gasteiger partial charge is 0.409 e. The number of nitrogens with zero attached hydrogens (tertiary/aromatic N) is 3. The Balaban J connectivity index is 2.13. The normalized spacial score (nSPS) is 19.0. The van der Waals surface area contributed by atoms with Crippen molar-refractivity contribution in [2.45, 2.75) is 13.0 Å². The molecule has 1 aromatic carbocycles. The third kappa shape index (κ3) is 3.46. The predicted molar refractivity (Wildman–Crippen MR) is 76.3 cm³/mol. The molecule has 0 aromatic heterocycles. The second-order valence-electron chi connectivity index (χ2n) is 5.20. The van der Waals surface area contributed by atoms with Gasteiger partial charge in [-0.25, -0.2) is 4.39 Å². The van der Waals surface area contributed by atoms with Crippen LogP contribution in [0.1, 0.15) is 17.5 Å². The van der Waals surface area contributed by atoms with E-state index in [9.17, 15) is 4.39 Å². The third-order valence-corrected chi connectivity index (χ3v) is 3.67. The fraction of sp³-hybridized carbons (Fsp3) is 0.500. The zero-order valence-corrected chi connectivity index (χ0v) is 11.7. The van der Waals surface area contributed by atoms with Gasteiger partial charge in [0.1, 0.15) is 5.82 Å². The van der Waals surface area contributed by atoms with Crippen molar-refractivity contribution in [2.24, 2.45) is 10.9 Å². The summed E-state index contributed by atoms with van der Waals surface area (Å²) in [4.78, 5) is 4.52. The fourth-order valence-electron chi connectivity index (χ4n) is 2.45. The number of rotatable bonds is 3. The van der Waals surface area contributed by atoms with E-state index in [0.717, 1.165) is 32.6 Å². The Morgan fingerprint density at radius 3 is 2.90 bits per heavy atom. The molecule has 1 aromatic rings. The summed E-state index contributed by atoms with van der Waals surface area (Å²) in [5.41, 5.74) is 6.21. The zero-order valence-electron chi connectivity index (χ0n) is 11.7. The molecule has 0 aliphatic carbocycles. The van der Waals surface area contributed by atoms with Crippen LogP contribution in [0.3, 0.4) is 0 Å². The van der Waals surface area contributed by atoms with E-state index in [1.165, 1.54) is 6.07 Å². The quantitative estimate of drug-likeness (QED) is 0.376. The second kappa shape index (κ2) is 6.67. The molecular weight excluding hydrogens is 259 g/mol. The fourth-order valence-corrected chi connectivity index (χ4v) is 2.45. The average Bonchev–Trinajstić information content (AvgIpc) is 2.65. The first kappa shape index (κ1) is 14.7. The SMILES string of the molecule is CN1CCCN(Cc2cccc(/C(N)=N/O)c2F)CC1. The maximum atomic E-state index is 14.3. The Labute approximate surface area is 118 Å². The van der Waals surface area contributed by atoms with Gasteiger partial charge >= 0.3 is 0 Å². The Bertz CT molecular complexity index is 492. The highest BCUT2D eigenvalue weighted by molar-refractivity contribution is 5.97. The van der Waals surface area contributed by atoms with Crippen molar-refractivity contribution in [3.05, 3.63) is 35.1 Å². The maximum absolute atomic E-state index is 14.3. The molecule has 0 spiro atoms. The Hall–Kier alpha value is -1.66. The highest BCUT2D eigenvalue weighted by Gasteiger charge is 2.16. The van der Waals surface area contributed by atoms with E-state index in [0.29, 0.717) is 12.1 Å². The molecule has 0 radical (unpaired) electrons. The van der Waals surface area contributed by atoms with E-state index in [4.69, 9.17) is 10.9 Å². The number of benzene rings is 1. The van der Waals surface area contributed by atoms with E-state index in [2.05, 4.69) is 22.0 Å². The van der Waals surface area contributed by atoms with Gasteiger partial charge in [0.2, 0.25) is 0 Å². The molecule has 3 N–H and O–H groups in total. The lowest BCUT2D eigenvalue weighted by atomic mass is 10.1. The smallest absolute Gasteiger partial charge is 0.173 e. The number of oxime groups is 1. The number of likely N-dealkylation sites (N-methyl/N-ethyl adjacent to an activating group) is 1. The molecule has 1 aliphatic rings. The molecule has 110 valence electrons. The Kier molecular flexibility index (Phi) is 4.92. The first-order valence-electron chi connectivity index (χ1n) is 6.78. The molecule has 0 atom stereocenters. The first-order valence-corrected chi connectivity index (χ1v) is 6.78. The zero-order chi connectivity index (χ0) is 14.5. The Morgan fingerprint density at radius 1 is 1.35 bits per heavy atom. The summed E-state index contributed by atoms with van der Waals surface area (Å²) in [6, 6.07) is 5.00. The molecule has 1 fully saturated rings. The van der Waals surface area contributed by atoms with Gasteiger partial charge in [0, 0.05) is 25.2 Å². The summed E-state index contributed by atoms with van der Waals surface area (Å²) in [5.74, 6) is -0.597. The van der Waals surface area contributed by atoms with Crippen LogP contribution < -0.4 is 5.73 Å². The molecule has 6 heteroatoms. The minimum atomic E-state index is -0.402. The highest BCUT2D eigenvalue weighted by atomic mass is 19.1. The van der Waals surface area contributed by atoms with Crippen molar-refractivity contribution in [3.8, 4) is 0 Å². The van der Waals surface area contributed by atoms with E-state index < -0.39 is 5.82 Å². The molecule has 2 rings (SSSR count). The van der Waals surface area contributed by atoms with Crippen LogP contribution in [0.15, 0.2) is 23.4 Å². The summed E-state index contributed by atoms with van der Waals surface area (Å²) in [6.45, 7) is 4.48. The molecule has 1 aliphatic heterocycles. The van der Waals surface area contributed by atoms with Crippen molar-refractivity contribution >= 4 is 5.84 Å². The van der Waals surface area contributed by atoms with Gasteiger partial charge in [0.15, 0.2) is 5.84 Å². The van der Waals surface area contributed by atoms with Gasteiger partial charge in [-0.05, 0) is 32.6 Å². The van der Waals surface area contributed by atoms with Crippen molar-refractivity contribution in [2.75, 3.05) is 33.2 Å². The number of hydrogen-bond donors (Lipinski definition) is 2. The molecule has 0 saturated carbocycles. The minimum absolute atomic E-state index is 0.150. The summed E-state index contributed by atoms with van der Waals surface area (Å²) in [5, 5.41) is 11.5. The van der Waals surface area contributed by atoms with Crippen molar-refractivity contribution in [3.63, 3.8) is 0 Å². The topological polar surface area (TPSA) is 65.1 Å². The molecule has 20 heavy (non-hydrogen) atoms. The number of hydrogen-bond acceptors (Lipinski definition) is 4. The summed E-state index contributed by atoms with van der Waals surface area (Å²) in [6.07, 6.45) is 1.08. The highest BCUT2D eigenvalue weighted by Crippen LogP contribution is 2.16. The Morgan fingerprint density at radius 2 is 2.15 bits per heavy atom. The summed E-state index contributed by atoms with van der Waals surface area (Å²) >= 11 is 0. The maximum Gasteiger partial charge on any atom is 0.173 e. The average molecular weight is 280 g/mol. The van der Waals surface area contributed by atoms with Gasteiger partial charge in [0.25, 0.3) is 0 Å². The first-order chi connectivity index (χ1) is 9.61. The van der Waals surface area contributed by atoms with Crippen LogP contribution in [0.2, 0.25) is 0 Å². The molecule has 1 saturated heterocycles. The van der Waals surface area contributed by atoms with Crippen LogP contribution in [0.4, 0.5) is 4.39 Å².